The Bertz CT molecular complexity index is 698. The van der Waals surface area contributed by atoms with Gasteiger partial charge in [0.2, 0.25) is 11.0 Å². The lowest BCUT2D eigenvalue weighted by Gasteiger charge is -2.18. The highest BCUT2D eigenvalue weighted by molar-refractivity contribution is 8.01. The van der Waals surface area contributed by atoms with Crippen molar-refractivity contribution in [3.63, 3.8) is 0 Å². The van der Waals surface area contributed by atoms with Crippen LogP contribution in [0.2, 0.25) is 0 Å². The van der Waals surface area contributed by atoms with Crippen LogP contribution in [-0.4, -0.2) is 41.1 Å². The fourth-order valence-corrected chi connectivity index (χ4v) is 3.85. The zero-order chi connectivity index (χ0) is 18.3. The lowest BCUT2D eigenvalue weighted by atomic mass is 10.1. The van der Waals surface area contributed by atoms with E-state index in [2.05, 4.69) is 41.6 Å². The van der Waals surface area contributed by atoms with Crippen LogP contribution in [-0.2, 0) is 11.2 Å². The molecule has 136 valence electrons. The van der Waals surface area contributed by atoms with Crippen LogP contribution in [0, 0.1) is 0 Å². The summed E-state index contributed by atoms with van der Waals surface area (Å²) in [5.41, 5.74) is 1.03. The van der Waals surface area contributed by atoms with E-state index in [0.29, 0.717) is 12.3 Å². The molecule has 0 saturated carbocycles. The summed E-state index contributed by atoms with van der Waals surface area (Å²) in [7, 11) is 1.65. The van der Waals surface area contributed by atoms with E-state index in [1.807, 2.05) is 24.3 Å². The monoisotopic (exact) mass is 380 g/mol. The Kier molecular flexibility index (Phi) is 7.07. The van der Waals surface area contributed by atoms with E-state index in [1.54, 1.807) is 7.11 Å². The molecule has 0 radical (unpaired) electrons. The van der Waals surface area contributed by atoms with E-state index in [1.165, 1.54) is 23.1 Å². The molecule has 0 bridgehead atoms. The summed E-state index contributed by atoms with van der Waals surface area (Å²) in [6, 6.07) is 7.83. The van der Waals surface area contributed by atoms with Crippen molar-refractivity contribution >= 4 is 34.1 Å². The van der Waals surface area contributed by atoms with Gasteiger partial charge in [0.25, 0.3) is 0 Å². The number of thioether (sulfide) groups is 1. The van der Waals surface area contributed by atoms with Crippen molar-refractivity contribution in [2.24, 2.45) is 0 Å². The van der Waals surface area contributed by atoms with Crippen LogP contribution in [0.1, 0.15) is 26.3 Å². The summed E-state index contributed by atoms with van der Waals surface area (Å²) in [4.78, 5) is 12.0. The van der Waals surface area contributed by atoms with Gasteiger partial charge in [-0.3, -0.25) is 4.79 Å². The number of hydrogen-bond donors (Lipinski definition) is 2. The molecule has 0 aliphatic carbocycles. The van der Waals surface area contributed by atoms with Gasteiger partial charge in [-0.1, -0.05) is 41.3 Å². The molecule has 25 heavy (non-hydrogen) atoms. The Labute approximate surface area is 156 Å². The lowest BCUT2D eigenvalue weighted by molar-refractivity contribution is -0.118. The normalized spacial score (nSPS) is 11.2. The fraction of sp³-hybridized carbons (Fsp3) is 0.471. The first-order valence-corrected chi connectivity index (χ1v) is 9.80. The molecule has 8 heteroatoms. The van der Waals surface area contributed by atoms with Crippen LogP contribution in [0.25, 0.3) is 0 Å². The minimum atomic E-state index is -0.0582. The van der Waals surface area contributed by atoms with Crippen molar-refractivity contribution < 1.29 is 9.53 Å². The molecule has 2 aromatic rings. The molecule has 2 N–H and O–H groups in total. The third-order valence-corrected chi connectivity index (χ3v) is 5.10. The number of amides is 1. The van der Waals surface area contributed by atoms with Crippen molar-refractivity contribution in [3.8, 4) is 5.75 Å². The zero-order valence-corrected chi connectivity index (χ0v) is 16.6. The van der Waals surface area contributed by atoms with Crippen molar-refractivity contribution in [1.82, 2.24) is 15.5 Å². The van der Waals surface area contributed by atoms with Gasteiger partial charge in [0.1, 0.15) is 5.75 Å². The smallest absolute Gasteiger partial charge is 0.230 e. The Morgan fingerprint density at radius 1 is 1.28 bits per heavy atom. The number of carbonyl (C=O) groups excluding carboxylic acids is 1. The van der Waals surface area contributed by atoms with E-state index in [-0.39, 0.29) is 11.4 Å². The Hall–Kier alpha value is -1.80. The zero-order valence-electron chi connectivity index (χ0n) is 15.0. The molecule has 0 unspecified atom stereocenters. The summed E-state index contributed by atoms with van der Waals surface area (Å²) in [6.45, 7) is 6.77. The van der Waals surface area contributed by atoms with Crippen LogP contribution >= 0.6 is 23.1 Å². The maximum absolute atomic E-state index is 12.0. The largest absolute Gasteiger partial charge is 0.496 e. The molecule has 0 spiro atoms. The predicted molar refractivity (Wildman–Crippen MR) is 104 cm³/mol. The predicted octanol–water partition coefficient (Wildman–Crippen LogP) is 3.21. The van der Waals surface area contributed by atoms with Gasteiger partial charge in [0.05, 0.1) is 12.9 Å². The molecule has 1 aromatic carbocycles. The average Bonchev–Trinajstić information content (AvgIpc) is 2.99. The Morgan fingerprint density at radius 2 is 2.04 bits per heavy atom. The number of nitrogens with zero attached hydrogens (tertiary/aromatic N) is 2. The van der Waals surface area contributed by atoms with Crippen LogP contribution in [0.3, 0.4) is 0 Å². The third-order valence-electron chi connectivity index (χ3n) is 3.12. The number of methoxy groups -OCH3 is 1. The summed E-state index contributed by atoms with van der Waals surface area (Å²) in [5, 5.41) is 15.2. The summed E-state index contributed by atoms with van der Waals surface area (Å²) in [6.07, 6.45) is 0.735. The van der Waals surface area contributed by atoms with Gasteiger partial charge in [-0.15, -0.1) is 10.2 Å². The van der Waals surface area contributed by atoms with Crippen LogP contribution in [0.5, 0.6) is 5.75 Å². The number of aromatic nitrogens is 2. The molecule has 0 aliphatic rings. The maximum Gasteiger partial charge on any atom is 0.230 e. The summed E-state index contributed by atoms with van der Waals surface area (Å²) in [5.74, 6) is 1.16. The molecule has 6 nitrogen and oxygen atoms in total. The SMILES string of the molecule is COc1ccccc1CCNC(=O)CSc1nnc(NC(C)(C)C)s1. The molecule has 1 aromatic heterocycles. The van der Waals surface area contributed by atoms with Crippen LogP contribution in [0.15, 0.2) is 28.6 Å². The van der Waals surface area contributed by atoms with E-state index in [4.69, 9.17) is 4.74 Å². The van der Waals surface area contributed by atoms with Crippen LogP contribution < -0.4 is 15.4 Å². The fourth-order valence-electron chi connectivity index (χ4n) is 2.06. The first-order valence-electron chi connectivity index (χ1n) is 8.00. The van der Waals surface area contributed by atoms with Crippen molar-refractivity contribution in [3.05, 3.63) is 29.8 Å². The number of rotatable bonds is 8. The van der Waals surface area contributed by atoms with Crippen molar-refractivity contribution in [2.45, 2.75) is 37.1 Å². The molecule has 0 fully saturated rings. The molecule has 1 heterocycles. The quantitative estimate of drug-likeness (QED) is 0.685. The van der Waals surface area contributed by atoms with Gasteiger partial charge in [-0.2, -0.15) is 0 Å². The van der Waals surface area contributed by atoms with E-state index in [9.17, 15) is 4.79 Å². The molecule has 2 rings (SSSR count). The number of carbonyl (C=O) groups is 1. The second-order valence-corrected chi connectivity index (χ2v) is 8.65. The highest BCUT2D eigenvalue weighted by atomic mass is 32.2. The van der Waals surface area contributed by atoms with Crippen molar-refractivity contribution in [1.29, 1.82) is 0 Å². The third kappa shape index (κ3) is 6.91. The summed E-state index contributed by atoms with van der Waals surface area (Å²) < 4.78 is 6.09. The molecular formula is C17H24N4O2S2. The second kappa shape index (κ2) is 9.05. The van der Waals surface area contributed by atoms with Crippen molar-refractivity contribution in [2.75, 3.05) is 24.7 Å². The minimum Gasteiger partial charge on any atom is -0.496 e. The van der Waals surface area contributed by atoms with Gasteiger partial charge >= 0.3 is 0 Å². The minimum absolute atomic E-state index is 0.0135. The molecule has 0 aliphatic heterocycles. The number of benzene rings is 1. The number of nitrogens with one attached hydrogen (secondary N) is 2. The van der Waals surface area contributed by atoms with E-state index < -0.39 is 0 Å². The summed E-state index contributed by atoms with van der Waals surface area (Å²) >= 11 is 2.86. The highest BCUT2D eigenvalue weighted by Crippen LogP contribution is 2.27. The lowest BCUT2D eigenvalue weighted by Crippen LogP contribution is -2.27. The Morgan fingerprint density at radius 3 is 2.76 bits per heavy atom. The Balaban J connectivity index is 1.72. The van der Waals surface area contributed by atoms with Gasteiger partial charge < -0.3 is 15.4 Å². The number of ether oxygens (including phenoxy) is 1. The highest BCUT2D eigenvalue weighted by Gasteiger charge is 2.14. The number of anilines is 1. The van der Waals surface area contributed by atoms with E-state index in [0.717, 1.165) is 27.2 Å². The molecular weight excluding hydrogens is 356 g/mol. The van der Waals surface area contributed by atoms with Gasteiger partial charge in [0.15, 0.2) is 4.34 Å². The molecule has 0 saturated heterocycles. The molecule has 0 atom stereocenters. The maximum atomic E-state index is 12.0. The first-order chi connectivity index (χ1) is 11.9. The number of hydrogen-bond acceptors (Lipinski definition) is 7. The van der Waals surface area contributed by atoms with Gasteiger partial charge in [0, 0.05) is 12.1 Å². The topological polar surface area (TPSA) is 76.1 Å². The first kappa shape index (κ1) is 19.5. The van der Waals surface area contributed by atoms with Gasteiger partial charge in [-0.05, 0) is 38.8 Å². The number of para-hydroxylation sites is 1. The van der Waals surface area contributed by atoms with Gasteiger partial charge in [-0.25, -0.2) is 0 Å². The van der Waals surface area contributed by atoms with Crippen LogP contribution in [0.4, 0.5) is 5.13 Å². The standard InChI is InChI=1S/C17H24N4O2S2/c1-17(2,3)19-15-20-21-16(25-15)24-11-14(22)18-10-9-12-7-5-6-8-13(12)23-4/h5-8H,9-11H2,1-4H3,(H,18,22)(H,19,20). The van der Waals surface area contributed by atoms with E-state index >= 15 is 0 Å². The molecule has 1 amide bonds. The second-order valence-electron chi connectivity index (χ2n) is 6.45. The average molecular weight is 381 g/mol.